The van der Waals surface area contributed by atoms with Gasteiger partial charge in [0.2, 0.25) is 0 Å². The van der Waals surface area contributed by atoms with Crippen LogP contribution in [0.4, 0.5) is 0 Å². The number of ether oxygens (including phenoxy) is 3. The summed E-state index contributed by atoms with van der Waals surface area (Å²) in [6.07, 6.45) is 1.50. The van der Waals surface area contributed by atoms with E-state index in [1.54, 1.807) is 0 Å². The molecule has 2 unspecified atom stereocenters. The molecule has 0 saturated carbocycles. The zero-order chi connectivity index (χ0) is 26.1. The minimum atomic E-state index is -0.820. The van der Waals surface area contributed by atoms with Crippen LogP contribution in [0.1, 0.15) is 55.3 Å². The number of carbonyl (C=O) groups is 2. The molecule has 0 bridgehead atoms. The van der Waals surface area contributed by atoms with Gasteiger partial charge in [-0.3, -0.25) is 9.59 Å². The molecule has 2 atom stereocenters. The second-order valence-corrected chi connectivity index (χ2v) is 9.98. The largest absolute Gasteiger partial charge is 0.507 e. The van der Waals surface area contributed by atoms with Crippen LogP contribution < -0.4 is 9.47 Å². The van der Waals surface area contributed by atoms with E-state index in [9.17, 15) is 14.7 Å². The van der Waals surface area contributed by atoms with Crippen LogP contribution in [-0.2, 0) is 14.3 Å². The minimum absolute atomic E-state index is 0.0421. The third-order valence-electron chi connectivity index (χ3n) is 6.68. The van der Waals surface area contributed by atoms with E-state index in [1.165, 1.54) is 25.2 Å². The average molecular weight is 534 g/mol. The molecule has 4 rings (SSSR count). The van der Waals surface area contributed by atoms with Gasteiger partial charge < -0.3 is 24.2 Å². The van der Waals surface area contributed by atoms with Gasteiger partial charge in [0, 0.05) is 13.2 Å². The summed E-state index contributed by atoms with van der Waals surface area (Å²) in [6.45, 7) is 5.02. The number of carbonyl (C=O) groups excluding carboxylic acids is 2. The summed E-state index contributed by atoms with van der Waals surface area (Å²) < 4.78 is 16.4. The summed E-state index contributed by atoms with van der Waals surface area (Å²) in [7, 11) is 2.78. The number of benzene rings is 2. The number of likely N-dealkylation sites (tertiary alicyclic amines) is 1. The maximum absolute atomic E-state index is 13.4. The summed E-state index contributed by atoms with van der Waals surface area (Å²) in [5.41, 5.74) is 1.84. The molecule has 1 amide bonds. The first-order valence-electron chi connectivity index (χ1n) is 11.8. The molecule has 36 heavy (non-hydrogen) atoms. The van der Waals surface area contributed by atoms with Gasteiger partial charge in [-0.15, -0.1) is 0 Å². The maximum atomic E-state index is 13.4. The van der Waals surface area contributed by atoms with Gasteiger partial charge in [-0.25, -0.2) is 0 Å². The molecule has 2 heterocycles. The van der Waals surface area contributed by atoms with Crippen LogP contribution in [-0.4, -0.2) is 55.2 Å². The first kappa shape index (κ1) is 26.3. The number of Topliss-reactive ketones (excluding diaryl/α,β-unsaturated/α-hetero) is 1. The number of hydrogen-bond acceptors (Lipinski definition) is 6. The van der Waals surface area contributed by atoms with E-state index in [0.717, 1.165) is 18.4 Å². The van der Waals surface area contributed by atoms with E-state index < -0.39 is 23.5 Å². The Labute approximate surface area is 220 Å². The highest BCUT2D eigenvalue weighted by Gasteiger charge is 2.47. The van der Waals surface area contributed by atoms with Crippen LogP contribution in [0.25, 0.3) is 5.76 Å². The van der Waals surface area contributed by atoms with Crippen molar-refractivity contribution in [2.45, 2.75) is 44.8 Å². The number of amides is 1. The molecule has 2 saturated heterocycles. The molecule has 0 aromatic heterocycles. The Hall–Kier alpha value is -2.74. The van der Waals surface area contributed by atoms with E-state index in [4.69, 9.17) is 37.4 Å². The topological polar surface area (TPSA) is 85.3 Å². The zero-order valence-electron chi connectivity index (χ0n) is 20.6. The van der Waals surface area contributed by atoms with Gasteiger partial charge in [0.15, 0.2) is 11.5 Å². The van der Waals surface area contributed by atoms with Crippen molar-refractivity contribution in [3.05, 3.63) is 62.6 Å². The van der Waals surface area contributed by atoms with Crippen LogP contribution in [0.2, 0.25) is 10.0 Å². The summed E-state index contributed by atoms with van der Waals surface area (Å²) >= 11 is 12.8. The Morgan fingerprint density at radius 1 is 1.14 bits per heavy atom. The van der Waals surface area contributed by atoms with Crippen LogP contribution in [0.5, 0.6) is 11.5 Å². The van der Waals surface area contributed by atoms with Crippen LogP contribution in [0.3, 0.4) is 0 Å². The quantitative estimate of drug-likeness (QED) is 0.277. The van der Waals surface area contributed by atoms with Crippen molar-refractivity contribution >= 4 is 40.7 Å². The van der Waals surface area contributed by atoms with E-state index in [-0.39, 0.29) is 45.3 Å². The van der Waals surface area contributed by atoms with E-state index in [2.05, 4.69) is 13.8 Å². The minimum Gasteiger partial charge on any atom is -0.507 e. The summed E-state index contributed by atoms with van der Waals surface area (Å²) in [5.74, 6) is -1.36. The Kier molecular flexibility index (Phi) is 7.83. The van der Waals surface area contributed by atoms with Crippen LogP contribution >= 0.6 is 23.2 Å². The van der Waals surface area contributed by atoms with Crippen molar-refractivity contribution in [2.75, 3.05) is 27.4 Å². The summed E-state index contributed by atoms with van der Waals surface area (Å²) in [6, 6.07) is 8.29. The molecule has 0 radical (unpaired) electrons. The monoisotopic (exact) mass is 533 g/mol. The van der Waals surface area contributed by atoms with Gasteiger partial charge >= 0.3 is 0 Å². The van der Waals surface area contributed by atoms with E-state index in [1.807, 2.05) is 24.3 Å². The predicted molar refractivity (Wildman–Crippen MR) is 138 cm³/mol. The Morgan fingerprint density at radius 3 is 2.36 bits per heavy atom. The SMILES string of the molecule is COc1c(Cl)cc(/C(O)=C2\C(=O)C(=O)N(CC3CCCO3)C2c2ccc(C(C)C)cc2)c(OC)c1Cl. The normalized spacial score (nSPS) is 21.5. The molecular formula is C27H29Cl2NO6. The number of aliphatic hydroxyl groups is 1. The summed E-state index contributed by atoms with van der Waals surface area (Å²) in [4.78, 5) is 28.1. The first-order chi connectivity index (χ1) is 17.2. The molecular weight excluding hydrogens is 505 g/mol. The van der Waals surface area contributed by atoms with Crippen LogP contribution in [0.15, 0.2) is 35.9 Å². The highest BCUT2D eigenvalue weighted by atomic mass is 35.5. The number of aliphatic hydroxyl groups excluding tert-OH is 1. The molecule has 2 aromatic carbocycles. The number of ketones is 1. The lowest BCUT2D eigenvalue weighted by atomic mass is 9.93. The molecule has 2 aliphatic heterocycles. The van der Waals surface area contributed by atoms with Crippen molar-refractivity contribution in [2.24, 2.45) is 0 Å². The maximum Gasteiger partial charge on any atom is 0.295 e. The summed E-state index contributed by atoms with van der Waals surface area (Å²) in [5, 5.41) is 11.7. The lowest BCUT2D eigenvalue weighted by molar-refractivity contribution is -0.140. The number of halogens is 2. The molecule has 2 aliphatic rings. The second kappa shape index (κ2) is 10.7. The third-order valence-corrected chi connectivity index (χ3v) is 7.30. The number of hydrogen-bond donors (Lipinski definition) is 1. The standard InChI is InChI=1S/C27H29Cl2NO6/c1-14(2)15-7-9-16(10-8-15)22-20(24(32)27(33)30(22)13-17-6-5-11-36-17)23(31)18-12-19(28)26(35-4)21(29)25(18)34-3/h7-10,12,14,17,22,31H,5-6,11,13H2,1-4H3/b23-20+. The molecule has 0 aliphatic carbocycles. The fourth-order valence-corrected chi connectivity index (χ4v) is 5.46. The van der Waals surface area contributed by atoms with Crippen LogP contribution in [0, 0.1) is 0 Å². The van der Waals surface area contributed by atoms with Gasteiger partial charge in [-0.1, -0.05) is 61.3 Å². The highest BCUT2D eigenvalue weighted by Crippen LogP contribution is 2.47. The molecule has 192 valence electrons. The second-order valence-electron chi connectivity index (χ2n) is 9.19. The van der Waals surface area contributed by atoms with Gasteiger partial charge in [0.1, 0.15) is 10.8 Å². The molecule has 7 nitrogen and oxygen atoms in total. The van der Waals surface area contributed by atoms with Crippen molar-refractivity contribution < 1.29 is 28.9 Å². The lowest BCUT2D eigenvalue weighted by Crippen LogP contribution is -2.36. The Bertz CT molecular complexity index is 1200. The van der Waals surface area contributed by atoms with Gasteiger partial charge in [0.25, 0.3) is 11.7 Å². The lowest BCUT2D eigenvalue weighted by Gasteiger charge is -2.28. The van der Waals surface area contributed by atoms with E-state index in [0.29, 0.717) is 18.1 Å². The highest BCUT2D eigenvalue weighted by molar-refractivity contribution is 6.47. The molecule has 2 fully saturated rings. The van der Waals surface area contributed by atoms with E-state index >= 15 is 0 Å². The zero-order valence-corrected chi connectivity index (χ0v) is 22.2. The Morgan fingerprint density at radius 2 is 1.81 bits per heavy atom. The first-order valence-corrected chi connectivity index (χ1v) is 12.5. The number of nitrogens with zero attached hydrogens (tertiary/aromatic N) is 1. The number of rotatable bonds is 7. The Balaban J connectivity index is 1.90. The fourth-order valence-electron chi connectivity index (χ4n) is 4.78. The molecule has 1 N–H and O–H groups in total. The number of methoxy groups -OCH3 is 2. The molecule has 2 aromatic rings. The van der Waals surface area contributed by atoms with Gasteiger partial charge in [0.05, 0.1) is 42.5 Å². The van der Waals surface area contributed by atoms with Gasteiger partial charge in [-0.05, 0) is 36.0 Å². The fraction of sp³-hybridized carbons (Fsp3) is 0.407. The third kappa shape index (κ3) is 4.67. The van der Waals surface area contributed by atoms with Crippen molar-refractivity contribution in [1.82, 2.24) is 4.90 Å². The van der Waals surface area contributed by atoms with Crippen molar-refractivity contribution in [3.63, 3.8) is 0 Å². The molecule has 9 heteroatoms. The van der Waals surface area contributed by atoms with Crippen molar-refractivity contribution in [3.8, 4) is 11.5 Å². The average Bonchev–Trinajstić information content (AvgIpc) is 3.46. The predicted octanol–water partition coefficient (Wildman–Crippen LogP) is 5.73. The molecule has 0 spiro atoms. The van der Waals surface area contributed by atoms with Crippen molar-refractivity contribution in [1.29, 1.82) is 0 Å². The van der Waals surface area contributed by atoms with Gasteiger partial charge in [-0.2, -0.15) is 0 Å². The smallest absolute Gasteiger partial charge is 0.295 e.